The highest BCUT2D eigenvalue weighted by Gasteiger charge is 2.36. The molecule has 1 nitrogen and oxygen atoms in total. The van der Waals surface area contributed by atoms with Gasteiger partial charge in [0.1, 0.15) is 0 Å². The molecule has 0 saturated heterocycles. The van der Waals surface area contributed by atoms with Gasteiger partial charge < -0.3 is 5.73 Å². The third kappa shape index (κ3) is 2.22. The van der Waals surface area contributed by atoms with E-state index in [4.69, 9.17) is 5.73 Å². The van der Waals surface area contributed by atoms with E-state index in [-0.39, 0.29) is 0 Å². The topological polar surface area (TPSA) is 26.0 Å². The summed E-state index contributed by atoms with van der Waals surface area (Å²) in [5.41, 5.74) is 6.16. The molecule has 0 aromatic rings. The second-order valence-corrected chi connectivity index (χ2v) is 4.69. The maximum absolute atomic E-state index is 5.47. The lowest BCUT2D eigenvalue weighted by Gasteiger charge is -2.44. The molecule has 0 heterocycles. The Morgan fingerprint density at radius 1 is 1.33 bits per heavy atom. The Morgan fingerprint density at radius 3 is 2.42 bits per heavy atom. The number of rotatable bonds is 5. The van der Waals surface area contributed by atoms with Gasteiger partial charge in [-0.1, -0.05) is 33.1 Å². The lowest BCUT2D eigenvalue weighted by molar-refractivity contribution is 0.0752. The quantitative estimate of drug-likeness (QED) is 0.629. The molecule has 1 saturated carbocycles. The highest BCUT2D eigenvalue weighted by atomic mass is 14.5. The minimum atomic E-state index is 0.689. The number of hydrogen-bond acceptors (Lipinski definition) is 1. The van der Waals surface area contributed by atoms with E-state index >= 15 is 0 Å². The smallest absolute Gasteiger partial charge is 0.00773 e. The molecule has 0 aromatic carbocycles. The van der Waals surface area contributed by atoms with Gasteiger partial charge in [0.25, 0.3) is 0 Å². The van der Waals surface area contributed by atoms with E-state index in [1.807, 2.05) is 0 Å². The van der Waals surface area contributed by atoms with Gasteiger partial charge in [0, 0.05) is 0 Å². The zero-order valence-electron chi connectivity index (χ0n) is 8.60. The third-order valence-corrected chi connectivity index (χ3v) is 3.78. The van der Waals surface area contributed by atoms with E-state index < -0.39 is 0 Å². The average molecular weight is 169 g/mol. The summed E-state index contributed by atoms with van der Waals surface area (Å²) in [6.07, 6.45) is 8.28. The summed E-state index contributed by atoms with van der Waals surface area (Å²) < 4.78 is 0. The number of hydrogen-bond donors (Lipinski definition) is 1. The Bertz CT molecular complexity index is 127. The Kier molecular flexibility index (Phi) is 3.57. The zero-order valence-corrected chi connectivity index (χ0v) is 8.60. The standard InChI is InChI=1S/C11H23N/c1-10(6-3-4-9-12)11(2)7-5-8-11/h10H,3-9,12H2,1-2H3. The molecule has 0 amide bonds. The van der Waals surface area contributed by atoms with Crippen molar-refractivity contribution in [2.24, 2.45) is 17.1 Å². The van der Waals surface area contributed by atoms with Gasteiger partial charge in [0.2, 0.25) is 0 Å². The predicted octanol–water partition coefficient (Wildman–Crippen LogP) is 2.94. The van der Waals surface area contributed by atoms with Crippen LogP contribution in [0.4, 0.5) is 0 Å². The van der Waals surface area contributed by atoms with Crippen LogP contribution in [-0.2, 0) is 0 Å². The van der Waals surface area contributed by atoms with Gasteiger partial charge in [-0.15, -0.1) is 0 Å². The van der Waals surface area contributed by atoms with Gasteiger partial charge in [-0.3, -0.25) is 0 Å². The lowest BCUT2D eigenvalue weighted by Crippen LogP contribution is -2.32. The zero-order chi connectivity index (χ0) is 9.03. The van der Waals surface area contributed by atoms with Crippen molar-refractivity contribution in [3.05, 3.63) is 0 Å². The van der Waals surface area contributed by atoms with Crippen LogP contribution in [0.25, 0.3) is 0 Å². The molecule has 0 radical (unpaired) electrons. The molecule has 0 spiro atoms. The maximum atomic E-state index is 5.47. The first-order chi connectivity index (χ1) is 5.69. The molecule has 1 aliphatic rings. The van der Waals surface area contributed by atoms with Crippen LogP contribution in [0, 0.1) is 11.3 Å². The summed E-state index contributed by atoms with van der Waals surface area (Å²) in [6, 6.07) is 0. The van der Waals surface area contributed by atoms with E-state index in [1.54, 1.807) is 0 Å². The highest BCUT2D eigenvalue weighted by molar-refractivity contribution is 4.87. The van der Waals surface area contributed by atoms with Gasteiger partial charge in [-0.2, -0.15) is 0 Å². The van der Waals surface area contributed by atoms with Gasteiger partial charge >= 0.3 is 0 Å². The molecule has 1 rings (SSSR count). The average Bonchev–Trinajstić information content (AvgIpc) is 2.00. The van der Waals surface area contributed by atoms with Gasteiger partial charge in [0.05, 0.1) is 0 Å². The molecule has 72 valence electrons. The van der Waals surface area contributed by atoms with E-state index in [1.165, 1.54) is 38.5 Å². The normalized spacial score (nSPS) is 23.2. The first-order valence-electron chi connectivity index (χ1n) is 5.39. The summed E-state index contributed by atoms with van der Waals surface area (Å²) >= 11 is 0. The molecule has 1 aliphatic carbocycles. The molecule has 1 heteroatoms. The molecule has 12 heavy (non-hydrogen) atoms. The largest absolute Gasteiger partial charge is 0.330 e. The van der Waals surface area contributed by atoms with Crippen molar-refractivity contribution in [3.8, 4) is 0 Å². The van der Waals surface area contributed by atoms with Gasteiger partial charge in [-0.05, 0) is 37.1 Å². The van der Waals surface area contributed by atoms with Crippen LogP contribution >= 0.6 is 0 Å². The van der Waals surface area contributed by atoms with Crippen molar-refractivity contribution in [1.82, 2.24) is 0 Å². The van der Waals surface area contributed by atoms with Crippen LogP contribution in [0.1, 0.15) is 52.4 Å². The minimum Gasteiger partial charge on any atom is -0.330 e. The van der Waals surface area contributed by atoms with E-state index in [9.17, 15) is 0 Å². The molecule has 1 unspecified atom stereocenters. The van der Waals surface area contributed by atoms with Crippen molar-refractivity contribution in [2.75, 3.05) is 6.54 Å². The fourth-order valence-electron chi connectivity index (χ4n) is 2.17. The van der Waals surface area contributed by atoms with Crippen molar-refractivity contribution in [3.63, 3.8) is 0 Å². The number of unbranched alkanes of at least 4 members (excludes halogenated alkanes) is 1. The van der Waals surface area contributed by atoms with Crippen LogP contribution in [0.2, 0.25) is 0 Å². The Morgan fingerprint density at radius 2 is 2.00 bits per heavy atom. The Labute approximate surface area is 76.7 Å². The molecule has 0 aliphatic heterocycles. The third-order valence-electron chi connectivity index (χ3n) is 3.78. The van der Waals surface area contributed by atoms with Crippen LogP contribution in [0.15, 0.2) is 0 Å². The van der Waals surface area contributed by atoms with Crippen LogP contribution < -0.4 is 5.73 Å². The maximum Gasteiger partial charge on any atom is -0.00773 e. The fourth-order valence-corrected chi connectivity index (χ4v) is 2.17. The molecular formula is C11H23N. The van der Waals surface area contributed by atoms with Crippen LogP contribution in [0.5, 0.6) is 0 Å². The predicted molar refractivity (Wildman–Crippen MR) is 54.0 cm³/mol. The van der Waals surface area contributed by atoms with Crippen molar-refractivity contribution in [1.29, 1.82) is 0 Å². The van der Waals surface area contributed by atoms with E-state index in [0.29, 0.717) is 5.41 Å². The Hall–Kier alpha value is -0.0400. The Balaban J connectivity index is 2.14. The lowest BCUT2D eigenvalue weighted by atomic mass is 9.62. The van der Waals surface area contributed by atoms with Crippen molar-refractivity contribution in [2.45, 2.75) is 52.4 Å². The minimum absolute atomic E-state index is 0.689. The molecule has 2 N–H and O–H groups in total. The molecule has 0 bridgehead atoms. The monoisotopic (exact) mass is 169 g/mol. The summed E-state index contributed by atoms with van der Waals surface area (Å²) in [6.45, 7) is 5.72. The van der Waals surface area contributed by atoms with Gasteiger partial charge in [-0.25, -0.2) is 0 Å². The second kappa shape index (κ2) is 4.27. The fraction of sp³-hybridized carbons (Fsp3) is 1.00. The van der Waals surface area contributed by atoms with E-state index in [2.05, 4.69) is 13.8 Å². The summed E-state index contributed by atoms with van der Waals surface area (Å²) in [7, 11) is 0. The van der Waals surface area contributed by atoms with Gasteiger partial charge in [0.15, 0.2) is 0 Å². The molecular weight excluding hydrogens is 146 g/mol. The van der Waals surface area contributed by atoms with Crippen LogP contribution in [0.3, 0.4) is 0 Å². The number of nitrogens with two attached hydrogens (primary N) is 1. The second-order valence-electron chi connectivity index (χ2n) is 4.69. The first-order valence-corrected chi connectivity index (χ1v) is 5.39. The first kappa shape index (κ1) is 10.0. The summed E-state index contributed by atoms with van der Waals surface area (Å²) in [4.78, 5) is 0. The SMILES string of the molecule is CC(CCCCN)C1(C)CCC1. The molecule has 0 aromatic heterocycles. The van der Waals surface area contributed by atoms with Crippen molar-refractivity contribution >= 4 is 0 Å². The molecule has 1 fully saturated rings. The highest BCUT2D eigenvalue weighted by Crippen LogP contribution is 2.48. The molecule has 1 atom stereocenters. The van der Waals surface area contributed by atoms with Crippen LogP contribution in [-0.4, -0.2) is 6.54 Å². The van der Waals surface area contributed by atoms with Crippen molar-refractivity contribution < 1.29 is 0 Å². The summed E-state index contributed by atoms with van der Waals surface area (Å²) in [5, 5.41) is 0. The summed E-state index contributed by atoms with van der Waals surface area (Å²) in [5.74, 6) is 0.915. The van der Waals surface area contributed by atoms with E-state index in [0.717, 1.165) is 12.5 Å².